The van der Waals surface area contributed by atoms with Gasteiger partial charge in [-0.25, -0.2) is 9.59 Å². The number of ether oxygens (including phenoxy) is 3. The Morgan fingerprint density at radius 2 is 1.43 bits per heavy atom. The molecule has 0 spiro atoms. The highest BCUT2D eigenvalue weighted by Gasteiger charge is 2.33. The van der Waals surface area contributed by atoms with E-state index in [9.17, 15) is 24.6 Å². The Morgan fingerprint density at radius 3 is 2.00 bits per heavy atom. The maximum absolute atomic E-state index is 12.1. The van der Waals surface area contributed by atoms with Crippen LogP contribution in [0.25, 0.3) is 11.1 Å². The minimum Gasteiger partial charge on any atom is -0.492 e. The summed E-state index contributed by atoms with van der Waals surface area (Å²) >= 11 is 0. The van der Waals surface area contributed by atoms with Crippen LogP contribution >= 0.6 is 0 Å². The number of Topliss-reactive ketones (excluding diaryl/α,β-unsaturated/α-hetero) is 1. The van der Waals surface area contributed by atoms with E-state index in [0.717, 1.165) is 46.4 Å². The maximum atomic E-state index is 12.1. The van der Waals surface area contributed by atoms with Crippen LogP contribution < -0.4 is 4.74 Å². The summed E-state index contributed by atoms with van der Waals surface area (Å²) in [6.45, 7) is 9.52. The minimum atomic E-state index is -1.23. The minimum absolute atomic E-state index is 0.0774. The number of aryl methyl sites for hydroxylation is 2. The molecule has 8 heteroatoms. The highest BCUT2D eigenvalue weighted by atomic mass is 16.5. The van der Waals surface area contributed by atoms with Gasteiger partial charge in [0.05, 0.1) is 25.2 Å². The third-order valence-corrected chi connectivity index (χ3v) is 12.1. The summed E-state index contributed by atoms with van der Waals surface area (Å²) in [5, 5.41) is 20.5. The molecule has 0 unspecified atom stereocenters. The summed E-state index contributed by atoms with van der Waals surface area (Å²) in [5.41, 5.74) is 4.55. The summed E-state index contributed by atoms with van der Waals surface area (Å²) in [6, 6.07) is 13.2. The Morgan fingerprint density at radius 1 is 0.778 bits per heavy atom. The van der Waals surface area contributed by atoms with Crippen LogP contribution in [0.1, 0.15) is 134 Å². The van der Waals surface area contributed by atoms with E-state index in [1.54, 1.807) is 0 Å². The lowest BCUT2D eigenvalue weighted by atomic mass is 9.68. The zero-order valence-electron chi connectivity index (χ0n) is 33.5. The number of hydrogen-bond acceptors (Lipinski definition) is 8. The molecule has 0 bridgehead atoms. The van der Waals surface area contributed by atoms with Crippen molar-refractivity contribution in [3.8, 4) is 16.9 Å². The molecule has 4 rings (SSSR count). The van der Waals surface area contributed by atoms with Crippen LogP contribution in [0.2, 0.25) is 0 Å². The highest BCUT2D eigenvalue weighted by molar-refractivity contribution is 6.32. The number of ketones is 1. The average Bonchev–Trinajstić information content (AvgIpc) is 3.20. The molecule has 0 amide bonds. The maximum Gasteiger partial charge on any atom is 0.374 e. The molecule has 298 valence electrons. The van der Waals surface area contributed by atoms with Gasteiger partial charge in [0.25, 0.3) is 0 Å². The van der Waals surface area contributed by atoms with Gasteiger partial charge >= 0.3 is 11.9 Å². The first-order valence-corrected chi connectivity index (χ1v) is 20.6. The Balaban J connectivity index is 1.46. The van der Waals surface area contributed by atoms with Gasteiger partial charge in [0.2, 0.25) is 5.78 Å². The highest BCUT2D eigenvalue weighted by Crippen LogP contribution is 2.45. The molecule has 0 atom stereocenters. The van der Waals surface area contributed by atoms with Gasteiger partial charge in [0.15, 0.2) is 0 Å². The quantitative estimate of drug-likeness (QED) is 0.0562. The third kappa shape index (κ3) is 12.3. The van der Waals surface area contributed by atoms with Crippen molar-refractivity contribution in [1.29, 1.82) is 0 Å². The smallest absolute Gasteiger partial charge is 0.374 e. The van der Waals surface area contributed by atoms with Gasteiger partial charge in [-0.2, -0.15) is 0 Å². The number of benzene rings is 2. The molecule has 2 aliphatic carbocycles. The molecule has 8 nitrogen and oxygen atoms in total. The van der Waals surface area contributed by atoms with E-state index in [4.69, 9.17) is 14.2 Å². The standard InChI is InChI=1S/C46H66O8/c1-6-8-9-11-34-13-15-36(16-14-34)37-17-19-38(20-18-37)39-21-23-40(24-22-39)42-26-41(12-10-25-52-45(51)33(5)49)43(27-35(42)7-2)53-30-46(28-47,29-48)31-54-44(50)32(3)4/h21-24,26-27,34,36-38,47-48H,3,6-20,25,28-31H2,1-2,4-5H3. The van der Waals surface area contributed by atoms with E-state index in [-0.39, 0.29) is 25.4 Å². The zero-order valence-corrected chi connectivity index (χ0v) is 33.5. The van der Waals surface area contributed by atoms with Gasteiger partial charge in [0, 0.05) is 12.5 Å². The molecule has 2 aromatic carbocycles. The summed E-state index contributed by atoms with van der Waals surface area (Å²) in [4.78, 5) is 35.2. The largest absolute Gasteiger partial charge is 0.492 e. The van der Waals surface area contributed by atoms with Crippen molar-refractivity contribution in [3.63, 3.8) is 0 Å². The van der Waals surface area contributed by atoms with Crippen LogP contribution in [-0.4, -0.2) is 61.0 Å². The van der Waals surface area contributed by atoms with E-state index in [1.807, 2.05) is 6.07 Å². The summed E-state index contributed by atoms with van der Waals surface area (Å²) in [6.07, 6.45) is 18.2. The lowest BCUT2D eigenvalue weighted by Gasteiger charge is -2.38. The second-order valence-electron chi connectivity index (χ2n) is 16.2. The molecular formula is C46H66O8. The second-order valence-corrected chi connectivity index (χ2v) is 16.2. The predicted octanol–water partition coefficient (Wildman–Crippen LogP) is 9.11. The fourth-order valence-electron chi connectivity index (χ4n) is 8.42. The molecular weight excluding hydrogens is 680 g/mol. The number of hydrogen-bond donors (Lipinski definition) is 2. The first-order chi connectivity index (χ1) is 26.0. The number of aliphatic hydroxyl groups excluding tert-OH is 2. The Kier molecular flexibility index (Phi) is 17.3. The fourth-order valence-corrected chi connectivity index (χ4v) is 8.42. The predicted molar refractivity (Wildman–Crippen MR) is 213 cm³/mol. The van der Waals surface area contributed by atoms with Crippen LogP contribution in [-0.2, 0) is 36.7 Å². The molecule has 2 N–H and O–H groups in total. The molecule has 2 fully saturated rings. The molecule has 2 saturated carbocycles. The van der Waals surface area contributed by atoms with E-state index >= 15 is 0 Å². The number of carbonyl (C=O) groups excluding carboxylic acids is 3. The van der Waals surface area contributed by atoms with Crippen LogP contribution in [0, 0.1) is 23.2 Å². The zero-order chi connectivity index (χ0) is 39.1. The normalized spacial score (nSPS) is 20.3. The van der Waals surface area contributed by atoms with Crippen LogP contribution in [0.5, 0.6) is 5.75 Å². The monoisotopic (exact) mass is 746 g/mol. The Labute approximate surface area is 324 Å². The van der Waals surface area contributed by atoms with E-state index in [2.05, 4.69) is 50.8 Å². The van der Waals surface area contributed by atoms with Crippen molar-refractivity contribution in [3.05, 3.63) is 65.2 Å². The lowest BCUT2D eigenvalue weighted by Crippen LogP contribution is -2.41. The van der Waals surface area contributed by atoms with Crippen molar-refractivity contribution < 1.29 is 38.8 Å². The molecule has 0 aliphatic heterocycles. The number of unbranched alkanes of at least 4 members (excludes halogenated alkanes) is 2. The molecule has 2 aromatic rings. The van der Waals surface area contributed by atoms with E-state index in [0.29, 0.717) is 24.5 Å². The second kappa shape index (κ2) is 21.6. The Bertz CT molecular complexity index is 1510. The van der Waals surface area contributed by atoms with Gasteiger partial charge in [-0.15, -0.1) is 0 Å². The Hall–Kier alpha value is -3.49. The van der Waals surface area contributed by atoms with Crippen molar-refractivity contribution in [1.82, 2.24) is 0 Å². The first kappa shape index (κ1) is 43.2. The topological polar surface area (TPSA) is 119 Å². The number of rotatable bonds is 21. The van der Waals surface area contributed by atoms with Crippen LogP contribution in [0.15, 0.2) is 48.6 Å². The average molecular weight is 747 g/mol. The molecule has 0 radical (unpaired) electrons. The van der Waals surface area contributed by atoms with Gasteiger partial charge in [-0.3, -0.25) is 4.79 Å². The van der Waals surface area contributed by atoms with Crippen molar-refractivity contribution in [2.45, 2.75) is 130 Å². The van der Waals surface area contributed by atoms with Crippen molar-refractivity contribution in [2.24, 2.45) is 23.2 Å². The molecule has 0 saturated heterocycles. The van der Waals surface area contributed by atoms with E-state index < -0.39 is 36.4 Å². The van der Waals surface area contributed by atoms with Crippen LogP contribution in [0.3, 0.4) is 0 Å². The molecule has 0 heterocycles. The number of aliphatic hydroxyl groups is 2. The summed E-state index contributed by atoms with van der Waals surface area (Å²) in [7, 11) is 0. The third-order valence-electron chi connectivity index (χ3n) is 12.1. The van der Waals surface area contributed by atoms with Gasteiger partial charge in [-0.05, 0) is 128 Å². The SMILES string of the molecule is C=C(C)C(=O)OCC(CO)(CO)COc1cc(CC)c(-c2ccc(C3CCC(C4CCC(CCCCC)CC4)CC3)cc2)cc1CCCOC(=O)C(C)=O. The van der Waals surface area contributed by atoms with E-state index in [1.165, 1.54) is 96.5 Å². The summed E-state index contributed by atoms with van der Waals surface area (Å²) in [5.74, 6) is 1.85. The first-order valence-electron chi connectivity index (χ1n) is 20.6. The van der Waals surface area contributed by atoms with Gasteiger partial charge in [0.1, 0.15) is 19.0 Å². The summed E-state index contributed by atoms with van der Waals surface area (Å²) < 4.78 is 16.7. The molecule has 2 aliphatic rings. The van der Waals surface area contributed by atoms with Gasteiger partial charge in [-0.1, -0.05) is 83.2 Å². The number of carbonyl (C=O) groups is 3. The van der Waals surface area contributed by atoms with Crippen molar-refractivity contribution >= 4 is 17.7 Å². The lowest BCUT2D eigenvalue weighted by molar-refractivity contribution is -0.153. The fraction of sp³-hybridized carbons (Fsp3) is 0.630. The van der Waals surface area contributed by atoms with Gasteiger partial charge < -0.3 is 24.4 Å². The van der Waals surface area contributed by atoms with Crippen LogP contribution in [0.4, 0.5) is 0 Å². The van der Waals surface area contributed by atoms with Crippen molar-refractivity contribution in [2.75, 3.05) is 33.0 Å². The number of esters is 2. The molecule has 0 aromatic heterocycles. The molecule has 54 heavy (non-hydrogen) atoms.